The van der Waals surface area contributed by atoms with Crippen molar-refractivity contribution in [3.63, 3.8) is 0 Å². The number of carbonyl (C=O) groups is 1. The predicted molar refractivity (Wildman–Crippen MR) is 110 cm³/mol. The van der Waals surface area contributed by atoms with Crippen LogP contribution >= 0.6 is 24.2 Å². The molecule has 1 N–H and O–H groups in total. The van der Waals surface area contributed by atoms with Crippen molar-refractivity contribution in [2.24, 2.45) is 0 Å². The zero-order valence-corrected chi connectivity index (χ0v) is 16.5. The smallest absolute Gasteiger partial charge is 0.333 e. The Morgan fingerprint density at radius 1 is 1.31 bits per heavy atom. The molecule has 3 rings (SSSR count). The lowest BCUT2D eigenvalue weighted by molar-refractivity contribution is 0.249. The molecule has 0 aliphatic carbocycles. The van der Waals surface area contributed by atoms with Crippen molar-refractivity contribution in [2.75, 3.05) is 10.8 Å². The van der Waals surface area contributed by atoms with Gasteiger partial charge in [0.2, 0.25) is 0 Å². The largest absolute Gasteiger partial charge is 0.337 e. The zero-order valence-electron chi connectivity index (χ0n) is 14.8. The third-order valence-corrected chi connectivity index (χ3v) is 5.30. The lowest BCUT2D eigenvalue weighted by atomic mass is 10.2. The van der Waals surface area contributed by atoms with Gasteiger partial charge in [-0.3, -0.25) is 4.98 Å². The molecule has 3 aromatic rings. The number of nitrogens with one attached hydrogen (secondary N) is 1. The Morgan fingerprint density at radius 3 is 2.88 bits per heavy atom. The normalized spacial score (nSPS) is 10.9. The average molecular weight is 388 g/mol. The number of pyridine rings is 1. The number of aryl methyl sites for hydroxylation is 1. The van der Waals surface area contributed by atoms with Crippen LogP contribution in [-0.2, 0) is 0 Å². The Kier molecular flexibility index (Phi) is 6.05. The van der Waals surface area contributed by atoms with Gasteiger partial charge in [0.05, 0.1) is 11.1 Å². The third-order valence-electron chi connectivity index (χ3n) is 3.84. The molecule has 26 heavy (non-hydrogen) atoms. The lowest BCUT2D eigenvalue weighted by Gasteiger charge is -2.15. The summed E-state index contributed by atoms with van der Waals surface area (Å²) in [5.41, 5.74) is 3.13. The summed E-state index contributed by atoms with van der Waals surface area (Å²) >= 11 is 5.90. The molecule has 2 amide bonds. The molecule has 0 radical (unpaired) electrons. The van der Waals surface area contributed by atoms with Crippen molar-refractivity contribution in [1.82, 2.24) is 20.3 Å². The van der Waals surface area contributed by atoms with Gasteiger partial charge in [0.25, 0.3) is 0 Å². The minimum absolute atomic E-state index is 0.297. The zero-order chi connectivity index (χ0) is 18.5. The first-order valence-corrected chi connectivity index (χ1v) is 9.82. The van der Waals surface area contributed by atoms with E-state index in [1.54, 1.807) is 29.7 Å². The molecule has 3 aromatic heterocycles. The summed E-state index contributed by atoms with van der Waals surface area (Å²) in [6.45, 7) is 4.79. The molecular weight excluding hydrogens is 366 g/mol. The molecule has 0 aliphatic rings. The molecule has 6 nitrogen and oxygen atoms in total. The number of rotatable bonds is 6. The van der Waals surface area contributed by atoms with Crippen molar-refractivity contribution >= 4 is 47.2 Å². The SMILES string of the molecule is CCCCCNC(=O)N(S)c1ccc2ncc(-c3cc(C)cs3)nc2n1. The number of hydrogen-bond acceptors (Lipinski definition) is 6. The maximum absolute atomic E-state index is 12.2. The molecule has 8 heteroatoms. The van der Waals surface area contributed by atoms with Gasteiger partial charge in [-0.15, -0.1) is 11.3 Å². The van der Waals surface area contributed by atoms with Crippen LogP contribution in [0.2, 0.25) is 0 Å². The maximum atomic E-state index is 12.2. The molecule has 0 bridgehead atoms. The Hall–Kier alpha value is -2.19. The summed E-state index contributed by atoms with van der Waals surface area (Å²) in [7, 11) is 0. The van der Waals surface area contributed by atoms with Crippen LogP contribution in [0.5, 0.6) is 0 Å². The lowest BCUT2D eigenvalue weighted by Crippen LogP contribution is -2.35. The molecule has 3 heterocycles. The number of hydrogen-bond donors (Lipinski definition) is 2. The second-order valence-corrected chi connectivity index (χ2v) is 7.32. The summed E-state index contributed by atoms with van der Waals surface area (Å²) < 4.78 is 1.20. The summed E-state index contributed by atoms with van der Waals surface area (Å²) in [6.07, 6.45) is 4.89. The van der Waals surface area contributed by atoms with Gasteiger partial charge < -0.3 is 5.32 Å². The van der Waals surface area contributed by atoms with E-state index in [0.29, 0.717) is 23.5 Å². The second kappa shape index (κ2) is 8.46. The fourth-order valence-corrected chi connectivity index (χ4v) is 3.48. The molecule has 0 aromatic carbocycles. The van der Waals surface area contributed by atoms with Crippen LogP contribution in [0.3, 0.4) is 0 Å². The Labute approximate surface area is 162 Å². The molecular formula is C18H21N5OS2. The van der Waals surface area contributed by atoms with Gasteiger partial charge in [-0.2, -0.15) is 0 Å². The molecule has 0 saturated carbocycles. The first-order chi connectivity index (χ1) is 12.6. The molecule has 0 atom stereocenters. The highest BCUT2D eigenvalue weighted by molar-refractivity contribution is 7.82. The van der Waals surface area contributed by atoms with Gasteiger partial charge in [0.1, 0.15) is 17.0 Å². The Balaban J connectivity index is 1.79. The third kappa shape index (κ3) is 4.31. The van der Waals surface area contributed by atoms with Crippen molar-refractivity contribution in [2.45, 2.75) is 33.1 Å². The van der Waals surface area contributed by atoms with Gasteiger partial charge in [0, 0.05) is 6.54 Å². The van der Waals surface area contributed by atoms with E-state index >= 15 is 0 Å². The van der Waals surface area contributed by atoms with Gasteiger partial charge >= 0.3 is 6.03 Å². The highest BCUT2D eigenvalue weighted by Crippen LogP contribution is 2.26. The summed E-state index contributed by atoms with van der Waals surface area (Å²) in [4.78, 5) is 26.7. The number of unbranched alkanes of at least 4 members (excludes halogenated alkanes) is 2. The van der Waals surface area contributed by atoms with Gasteiger partial charge in [0.15, 0.2) is 5.65 Å². The summed E-state index contributed by atoms with van der Waals surface area (Å²) in [5.74, 6) is 0.419. The van der Waals surface area contributed by atoms with Gasteiger partial charge in [-0.25, -0.2) is 19.1 Å². The van der Waals surface area contributed by atoms with E-state index in [2.05, 4.69) is 51.5 Å². The van der Waals surface area contributed by atoms with E-state index in [1.807, 2.05) is 6.92 Å². The van der Waals surface area contributed by atoms with E-state index in [9.17, 15) is 4.79 Å². The topological polar surface area (TPSA) is 71.0 Å². The van der Waals surface area contributed by atoms with Crippen molar-refractivity contribution in [3.05, 3.63) is 35.3 Å². The van der Waals surface area contributed by atoms with Crippen LogP contribution < -0.4 is 9.62 Å². The van der Waals surface area contributed by atoms with Crippen LogP contribution in [0.25, 0.3) is 21.7 Å². The van der Waals surface area contributed by atoms with Crippen LogP contribution in [-0.4, -0.2) is 27.5 Å². The second-order valence-electron chi connectivity index (χ2n) is 6.01. The van der Waals surface area contributed by atoms with Gasteiger partial charge in [-0.1, -0.05) is 32.6 Å². The highest BCUT2D eigenvalue weighted by Gasteiger charge is 2.14. The quantitative estimate of drug-likeness (QED) is 0.478. The number of thiophene rings is 1. The van der Waals surface area contributed by atoms with E-state index in [1.165, 1.54) is 9.87 Å². The van der Waals surface area contributed by atoms with E-state index < -0.39 is 0 Å². The Bertz CT molecular complexity index is 911. The van der Waals surface area contributed by atoms with E-state index in [4.69, 9.17) is 0 Å². The molecule has 0 spiro atoms. The maximum Gasteiger partial charge on any atom is 0.333 e. The highest BCUT2D eigenvalue weighted by atomic mass is 32.1. The first-order valence-electron chi connectivity index (χ1n) is 8.54. The Morgan fingerprint density at radius 2 is 2.15 bits per heavy atom. The van der Waals surface area contributed by atoms with Gasteiger partial charge in [-0.05, 0) is 42.5 Å². The number of amides is 2. The first kappa shape index (κ1) is 18.6. The van der Waals surface area contributed by atoms with Crippen LogP contribution in [0.1, 0.15) is 31.7 Å². The average Bonchev–Trinajstić information content (AvgIpc) is 3.10. The number of thiol groups is 1. The molecule has 0 saturated heterocycles. The molecule has 0 fully saturated rings. The summed E-state index contributed by atoms with van der Waals surface area (Å²) in [5, 5.41) is 4.91. The number of carbonyl (C=O) groups excluding carboxylic acids is 1. The fourth-order valence-electron chi connectivity index (χ4n) is 2.44. The van der Waals surface area contributed by atoms with E-state index in [-0.39, 0.29) is 6.03 Å². The molecule has 136 valence electrons. The fraction of sp³-hybridized carbons (Fsp3) is 0.333. The van der Waals surface area contributed by atoms with Crippen molar-refractivity contribution < 1.29 is 4.79 Å². The number of nitrogens with zero attached hydrogens (tertiary/aromatic N) is 4. The minimum Gasteiger partial charge on any atom is -0.337 e. The van der Waals surface area contributed by atoms with E-state index in [0.717, 1.165) is 29.8 Å². The predicted octanol–water partition coefficient (Wildman–Crippen LogP) is 4.61. The van der Waals surface area contributed by atoms with Crippen molar-refractivity contribution in [3.8, 4) is 10.6 Å². The standard InChI is InChI=1S/C18H21N5OS2/c1-3-4-5-8-19-18(24)23(25)16-7-6-13-17(22-16)21-14(10-20-13)15-9-12(2)11-26-15/h6-7,9-11,25H,3-5,8H2,1-2H3,(H,19,24). The monoisotopic (exact) mass is 387 g/mol. The number of urea groups is 1. The molecule has 0 unspecified atom stereocenters. The summed E-state index contributed by atoms with van der Waals surface area (Å²) in [6, 6.07) is 5.28. The van der Waals surface area contributed by atoms with Crippen LogP contribution in [0, 0.1) is 6.92 Å². The minimum atomic E-state index is -0.297. The number of fused-ring (bicyclic) bond motifs is 1. The number of anilines is 1. The van der Waals surface area contributed by atoms with Crippen molar-refractivity contribution in [1.29, 1.82) is 0 Å². The molecule has 0 aliphatic heterocycles. The van der Waals surface area contributed by atoms with Crippen LogP contribution in [0.15, 0.2) is 29.8 Å². The van der Waals surface area contributed by atoms with Crippen LogP contribution in [0.4, 0.5) is 10.6 Å². The number of aromatic nitrogens is 3.